The monoisotopic (exact) mass is 279 g/mol. The third kappa shape index (κ3) is 3.18. The maximum Gasteiger partial charge on any atom is 0.180 e. The molecule has 0 amide bonds. The highest BCUT2D eigenvalue weighted by atomic mass is 19.1. The van der Waals surface area contributed by atoms with E-state index in [4.69, 9.17) is 4.74 Å². The zero-order chi connectivity index (χ0) is 14.7. The molecule has 1 saturated heterocycles. The maximum atomic E-state index is 13.3. The van der Waals surface area contributed by atoms with Crippen LogP contribution >= 0.6 is 0 Å². The van der Waals surface area contributed by atoms with Crippen molar-refractivity contribution in [2.45, 2.75) is 32.7 Å². The first-order valence-electron chi connectivity index (χ1n) is 7.13. The molecule has 1 fully saturated rings. The van der Waals surface area contributed by atoms with Crippen LogP contribution < -0.4 is 4.74 Å². The Bertz CT molecular complexity index is 489. The molecule has 2 rings (SSSR count). The van der Waals surface area contributed by atoms with Gasteiger partial charge in [0.25, 0.3) is 0 Å². The fraction of sp³-hybridized carbons (Fsp3) is 0.562. The summed E-state index contributed by atoms with van der Waals surface area (Å²) >= 11 is 0. The predicted molar refractivity (Wildman–Crippen MR) is 76.7 cm³/mol. The number of hydrogen-bond acceptors (Lipinski definition) is 3. The van der Waals surface area contributed by atoms with Crippen molar-refractivity contribution in [2.75, 3.05) is 20.2 Å². The third-order valence-electron chi connectivity index (χ3n) is 4.31. The second-order valence-electron chi connectivity index (χ2n) is 5.60. The van der Waals surface area contributed by atoms with E-state index in [2.05, 4.69) is 18.7 Å². The molecule has 1 heterocycles. The Morgan fingerprint density at radius 1 is 1.45 bits per heavy atom. The topological polar surface area (TPSA) is 29.5 Å². The molecule has 0 bridgehead atoms. The van der Waals surface area contributed by atoms with Crippen LogP contribution in [0.1, 0.15) is 37.0 Å². The second-order valence-corrected chi connectivity index (χ2v) is 5.60. The number of carbonyl (C=O) groups excluding carboxylic acids is 1. The first-order chi connectivity index (χ1) is 9.52. The zero-order valence-corrected chi connectivity index (χ0v) is 12.4. The number of likely N-dealkylation sites (tertiary alicyclic amines) is 1. The average Bonchev–Trinajstić information content (AvgIpc) is 2.43. The normalized spacial score (nSPS) is 23.6. The van der Waals surface area contributed by atoms with Crippen molar-refractivity contribution in [2.24, 2.45) is 5.92 Å². The molecule has 1 aliphatic rings. The molecule has 20 heavy (non-hydrogen) atoms. The van der Waals surface area contributed by atoms with Gasteiger partial charge < -0.3 is 4.74 Å². The highest BCUT2D eigenvalue weighted by molar-refractivity contribution is 6.00. The van der Waals surface area contributed by atoms with E-state index in [1.54, 1.807) is 0 Å². The minimum atomic E-state index is -0.408. The van der Waals surface area contributed by atoms with E-state index in [1.165, 1.54) is 31.7 Å². The van der Waals surface area contributed by atoms with Gasteiger partial charge in [-0.1, -0.05) is 6.92 Å². The number of ether oxygens (including phenoxy) is 1. The van der Waals surface area contributed by atoms with Crippen LogP contribution in [0.15, 0.2) is 18.2 Å². The molecule has 1 aromatic rings. The quantitative estimate of drug-likeness (QED) is 0.793. The minimum absolute atomic E-state index is 0.0812. The van der Waals surface area contributed by atoms with Crippen molar-refractivity contribution < 1.29 is 13.9 Å². The lowest BCUT2D eigenvalue weighted by Gasteiger charge is -2.37. The first-order valence-corrected chi connectivity index (χ1v) is 7.13. The summed E-state index contributed by atoms with van der Waals surface area (Å²) in [4.78, 5) is 14.6. The number of hydrogen-bond donors (Lipinski definition) is 0. The molecule has 3 nitrogen and oxygen atoms in total. The van der Waals surface area contributed by atoms with E-state index in [0.717, 1.165) is 13.0 Å². The lowest BCUT2D eigenvalue weighted by Crippen LogP contribution is -2.44. The van der Waals surface area contributed by atoms with Gasteiger partial charge in [0.1, 0.15) is 11.6 Å². The number of rotatable bonds is 4. The molecule has 4 heteroatoms. The minimum Gasteiger partial charge on any atom is -0.496 e. The van der Waals surface area contributed by atoms with Crippen molar-refractivity contribution in [1.82, 2.24) is 4.90 Å². The number of ketones is 1. The van der Waals surface area contributed by atoms with Crippen molar-refractivity contribution in [1.29, 1.82) is 0 Å². The van der Waals surface area contributed by atoms with Crippen LogP contribution in [0.2, 0.25) is 0 Å². The first kappa shape index (κ1) is 15.0. The Kier molecular flexibility index (Phi) is 4.76. The van der Waals surface area contributed by atoms with Gasteiger partial charge in [0, 0.05) is 6.04 Å². The van der Waals surface area contributed by atoms with Gasteiger partial charge >= 0.3 is 0 Å². The Morgan fingerprint density at radius 2 is 2.20 bits per heavy atom. The zero-order valence-electron chi connectivity index (χ0n) is 12.4. The summed E-state index contributed by atoms with van der Waals surface area (Å²) in [5, 5.41) is 0. The summed E-state index contributed by atoms with van der Waals surface area (Å²) in [5.74, 6) is 0.538. The molecule has 1 aliphatic heterocycles. The van der Waals surface area contributed by atoms with Gasteiger partial charge in [0.2, 0.25) is 0 Å². The lowest BCUT2D eigenvalue weighted by atomic mass is 9.91. The smallest absolute Gasteiger partial charge is 0.180 e. The van der Waals surface area contributed by atoms with E-state index in [1.807, 2.05) is 0 Å². The number of Topliss-reactive ketones (excluding diaryl/α,β-unsaturated/α-hetero) is 1. The van der Waals surface area contributed by atoms with Crippen molar-refractivity contribution in [3.05, 3.63) is 29.6 Å². The van der Waals surface area contributed by atoms with E-state index in [9.17, 15) is 9.18 Å². The molecule has 2 unspecified atom stereocenters. The molecule has 0 aromatic heterocycles. The molecule has 0 spiro atoms. The summed E-state index contributed by atoms with van der Waals surface area (Å²) in [6.07, 6.45) is 2.31. The highest BCUT2D eigenvalue weighted by Crippen LogP contribution is 2.25. The second kappa shape index (κ2) is 6.35. The van der Waals surface area contributed by atoms with Crippen molar-refractivity contribution in [3.8, 4) is 5.75 Å². The van der Waals surface area contributed by atoms with E-state index >= 15 is 0 Å². The molecule has 0 saturated carbocycles. The fourth-order valence-electron chi connectivity index (χ4n) is 2.81. The van der Waals surface area contributed by atoms with Gasteiger partial charge in [-0.3, -0.25) is 9.69 Å². The number of piperidine rings is 1. The average molecular weight is 279 g/mol. The largest absolute Gasteiger partial charge is 0.496 e. The van der Waals surface area contributed by atoms with Gasteiger partial charge in [-0.05, 0) is 50.4 Å². The summed E-state index contributed by atoms with van der Waals surface area (Å²) in [6.45, 7) is 5.62. The molecule has 0 aliphatic carbocycles. The fourth-order valence-corrected chi connectivity index (χ4v) is 2.81. The van der Waals surface area contributed by atoms with Crippen LogP contribution in [-0.4, -0.2) is 36.9 Å². The molecule has 0 N–H and O–H groups in total. The summed E-state index contributed by atoms with van der Waals surface area (Å²) in [6, 6.07) is 4.46. The maximum absolute atomic E-state index is 13.3. The number of benzene rings is 1. The Morgan fingerprint density at radius 3 is 2.90 bits per heavy atom. The Labute approximate surface area is 119 Å². The Balaban J connectivity index is 2.13. The van der Waals surface area contributed by atoms with Gasteiger partial charge in [0.05, 0.1) is 19.2 Å². The molecule has 1 aromatic carbocycles. The Hall–Kier alpha value is -1.42. The van der Waals surface area contributed by atoms with Gasteiger partial charge in [0.15, 0.2) is 5.78 Å². The van der Waals surface area contributed by atoms with Crippen LogP contribution in [0.5, 0.6) is 5.75 Å². The summed E-state index contributed by atoms with van der Waals surface area (Å²) in [7, 11) is 1.50. The number of nitrogens with zero attached hydrogens (tertiary/aromatic N) is 1. The van der Waals surface area contributed by atoms with Crippen LogP contribution in [0.3, 0.4) is 0 Å². The van der Waals surface area contributed by atoms with Gasteiger partial charge in [-0.15, -0.1) is 0 Å². The van der Waals surface area contributed by atoms with Crippen LogP contribution in [0.25, 0.3) is 0 Å². The van der Waals surface area contributed by atoms with Crippen molar-refractivity contribution in [3.63, 3.8) is 0 Å². The molecule has 110 valence electrons. The number of methoxy groups -OCH3 is 1. The number of halogens is 1. The van der Waals surface area contributed by atoms with Crippen LogP contribution in [0.4, 0.5) is 4.39 Å². The van der Waals surface area contributed by atoms with Crippen LogP contribution in [0, 0.1) is 11.7 Å². The number of carbonyl (C=O) groups is 1. The van der Waals surface area contributed by atoms with E-state index in [0.29, 0.717) is 29.8 Å². The van der Waals surface area contributed by atoms with Gasteiger partial charge in [-0.2, -0.15) is 0 Å². The lowest BCUT2D eigenvalue weighted by molar-refractivity contribution is 0.0776. The molecular weight excluding hydrogens is 257 g/mol. The van der Waals surface area contributed by atoms with E-state index in [-0.39, 0.29) is 5.78 Å². The third-order valence-corrected chi connectivity index (χ3v) is 4.31. The molecule has 2 atom stereocenters. The van der Waals surface area contributed by atoms with Crippen molar-refractivity contribution >= 4 is 5.78 Å². The van der Waals surface area contributed by atoms with Crippen LogP contribution in [-0.2, 0) is 0 Å². The van der Waals surface area contributed by atoms with Gasteiger partial charge in [-0.25, -0.2) is 4.39 Å². The summed E-state index contributed by atoms with van der Waals surface area (Å²) in [5.41, 5.74) is 0.331. The SMILES string of the molecule is COc1ccc(F)cc1C(=O)CN1CCCC(C)C1C. The molecule has 0 radical (unpaired) electrons. The molecular formula is C16H22FNO2. The highest BCUT2D eigenvalue weighted by Gasteiger charge is 2.27. The summed E-state index contributed by atoms with van der Waals surface area (Å²) < 4.78 is 18.5. The standard InChI is InChI=1S/C16H22FNO2/c1-11-5-4-8-18(12(11)2)10-15(19)14-9-13(17)6-7-16(14)20-3/h6-7,9,11-12H,4-5,8,10H2,1-3H3. The predicted octanol–water partition coefficient (Wildman–Crippen LogP) is 3.14. The van der Waals surface area contributed by atoms with E-state index < -0.39 is 5.82 Å².